The summed E-state index contributed by atoms with van der Waals surface area (Å²) in [6.07, 6.45) is -0.0899. The van der Waals surface area contributed by atoms with Crippen LogP contribution in [0, 0.1) is 29.1 Å². The zero-order chi connectivity index (χ0) is 13.9. The number of halogens is 5. The van der Waals surface area contributed by atoms with E-state index in [0.29, 0.717) is 0 Å². The summed E-state index contributed by atoms with van der Waals surface area (Å²) in [5, 5.41) is 11.8. The molecule has 0 aromatic heterocycles. The van der Waals surface area contributed by atoms with Gasteiger partial charge in [-0.25, -0.2) is 22.0 Å². The zero-order valence-corrected chi connectivity index (χ0v) is 9.05. The van der Waals surface area contributed by atoms with Crippen molar-refractivity contribution in [3.8, 4) is 0 Å². The average Bonchev–Trinajstić information content (AvgIpc) is 2.32. The van der Waals surface area contributed by atoms with E-state index in [1.54, 1.807) is 0 Å². The van der Waals surface area contributed by atoms with Crippen LogP contribution in [0.1, 0.15) is 12.5 Å². The van der Waals surface area contributed by atoms with Crippen molar-refractivity contribution in [1.82, 2.24) is 0 Å². The first-order valence-electron chi connectivity index (χ1n) is 4.70. The Labute approximate surface area is 98.5 Å². The molecule has 0 saturated carbocycles. The van der Waals surface area contributed by atoms with Crippen LogP contribution in [0.5, 0.6) is 0 Å². The van der Waals surface area contributed by atoms with Crippen molar-refractivity contribution >= 4 is 6.21 Å². The summed E-state index contributed by atoms with van der Waals surface area (Å²) in [6.45, 7) is 0.375. The van der Waals surface area contributed by atoms with Crippen molar-refractivity contribution in [2.24, 2.45) is 5.16 Å². The fourth-order valence-corrected chi connectivity index (χ4v) is 1.01. The lowest BCUT2D eigenvalue weighted by atomic mass is 10.2. The smallest absolute Gasteiger partial charge is 0.200 e. The van der Waals surface area contributed by atoms with Gasteiger partial charge in [0, 0.05) is 0 Å². The SMILES string of the molecule is CC(O)/C=N/OCc1c(F)c(F)c(F)c(F)c1F. The summed E-state index contributed by atoms with van der Waals surface area (Å²) < 4.78 is 64.3. The van der Waals surface area contributed by atoms with Crippen LogP contribution in [0.3, 0.4) is 0 Å². The van der Waals surface area contributed by atoms with Gasteiger partial charge in [0.15, 0.2) is 23.3 Å². The Balaban J connectivity index is 2.96. The zero-order valence-electron chi connectivity index (χ0n) is 9.05. The van der Waals surface area contributed by atoms with Gasteiger partial charge in [0.2, 0.25) is 5.82 Å². The van der Waals surface area contributed by atoms with E-state index in [1.165, 1.54) is 6.92 Å². The molecule has 3 nitrogen and oxygen atoms in total. The summed E-state index contributed by atoms with van der Waals surface area (Å²) in [7, 11) is 0. The van der Waals surface area contributed by atoms with Crippen molar-refractivity contribution in [2.45, 2.75) is 19.6 Å². The topological polar surface area (TPSA) is 41.8 Å². The van der Waals surface area contributed by atoms with Crippen molar-refractivity contribution in [3.63, 3.8) is 0 Å². The monoisotopic (exact) mass is 269 g/mol. The molecule has 0 radical (unpaired) electrons. The molecule has 0 aliphatic heterocycles. The Morgan fingerprint density at radius 2 is 1.50 bits per heavy atom. The van der Waals surface area contributed by atoms with Crippen molar-refractivity contribution in [2.75, 3.05) is 0 Å². The molecule has 8 heteroatoms. The molecule has 1 aromatic rings. The molecule has 0 spiro atoms. The molecule has 0 fully saturated rings. The second kappa shape index (κ2) is 5.76. The highest BCUT2D eigenvalue weighted by molar-refractivity contribution is 5.61. The maximum Gasteiger partial charge on any atom is 0.200 e. The van der Waals surface area contributed by atoms with Gasteiger partial charge in [-0.15, -0.1) is 0 Å². The van der Waals surface area contributed by atoms with Crippen molar-refractivity contribution in [1.29, 1.82) is 0 Å². The van der Waals surface area contributed by atoms with Gasteiger partial charge in [-0.2, -0.15) is 0 Å². The molecular weight excluding hydrogens is 261 g/mol. The normalized spacial score (nSPS) is 13.1. The number of hydrogen-bond donors (Lipinski definition) is 1. The van der Waals surface area contributed by atoms with E-state index in [4.69, 9.17) is 5.11 Å². The largest absolute Gasteiger partial charge is 0.391 e. The van der Waals surface area contributed by atoms with E-state index >= 15 is 0 Å². The van der Waals surface area contributed by atoms with Gasteiger partial charge < -0.3 is 9.94 Å². The van der Waals surface area contributed by atoms with E-state index in [-0.39, 0.29) is 0 Å². The first-order chi connectivity index (χ1) is 8.36. The van der Waals surface area contributed by atoms with Crippen molar-refractivity contribution < 1.29 is 31.9 Å². The third-order valence-corrected chi connectivity index (χ3v) is 1.86. The van der Waals surface area contributed by atoms with Gasteiger partial charge in [-0.05, 0) is 6.92 Å². The molecule has 0 heterocycles. The quantitative estimate of drug-likeness (QED) is 0.299. The number of hydrogen-bond acceptors (Lipinski definition) is 3. The summed E-state index contributed by atoms with van der Waals surface area (Å²) in [4.78, 5) is 4.32. The van der Waals surface area contributed by atoms with Crippen LogP contribution in [-0.2, 0) is 11.4 Å². The first-order valence-corrected chi connectivity index (χ1v) is 4.70. The number of aliphatic hydroxyl groups excluding tert-OH is 1. The van der Waals surface area contributed by atoms with Crippen LogP contribution in [0.25, 0.3) is 0 Å². The molecule has 1 aromatic carbocycles. The predicted octanol–water partition coefficient (Wildman–Crippen LogP) is 2.27. The lowest BCUT2D eigenvalue weighted by molar-refractivity contribution is 0.120. The second-order valence-corrected chi connectivity index (χ2v) is 3.32. The van der Waals surface area contributed by atoms with Crippen LogP contribution < -0.4 is 0 Å². The summed E-state index contributed by atoms with van der Waals surface area (Å²) in [5.41, 5.74) is -1.13. The maximum atomic E-state index is 13.1. The fourth-order valence-electron chi connectivity index (χ4n) is 1.01. The number of aliphatic hydroxyl groups is 1. The Morgan fingerprint density at radius 3 is 1.94 bits per heavy atom. The fraction of sp³-hybridized carbons (Fsp3) is 0.300. The molecule has 1 N–H and O–H groups in total. The molecule has 100 valence electrons. The van der Waals surface area contributed by atoms with E-state index < -0.39 is 47.4 Å². The molecule has 1 atom stereocenters. The Morgan fingerprint density at radius 1 is 1.06 bits per heavy atom. The van der Waals surface area contributed by atoms with Gasteiger partial charge in [0.25, 0.3) is 0 Å². The number of oxime groups is 1. The lowest BCUT2D eigenvalue weighted by Crippen LogP contribution is -2.08. The van der Waals surface area contributed by atoms with Gasteiger partial charge in [-0.3, -0.25) is 0 Å². The second-order valence-electron chi connectivity index (χ2n) is 3.32. The lowest BCUT2D eigenvalue weighted by Gasteiger charge is -2.06. The summed E-state index contributed by atoms with van der Waals surface area (Å²) in [6, 6.07) is 0. The van der Waals surface area contributed by atoms with Gasteiger partial charge in [0.05, 0.1) is 17.9 Å². The molecule has 1 unspecified atom stereocenters. The summed E-state index contributed by atoms with van der Waals surface area (Å²) >= 11 is 0. The van der Waals surface area contributed by atoms with Gasteiger partial charge >= 0.3 is 0 Å². The minimum absolute atomic E-state index is 0.881. The highest BCUT2D eigenvalue weighted by atomic mass is 19.2. The standard InChI is InChI=1S/C10H8F5NO2/c1-4(17)2-16-18-3-5-6(11)8(13)10(15)9(14)7(5)12/h2,4,17H,3H2,1H3/b16-2+. The van der Waals surface area contributed by atoms with Crippen LogP contribution in [0.2, 0.25) is 0 Å². The van der Waals surface area contributed by atoms with E-state index in [2.05, 4.69) is 9.99 Å². The molecule has 18 heavy (non-hydrogen) atoms. The minimum atomic E-state index is -2.23. The minimum Gasteiger partial charge on any atom is -0.391 e. The Kier molecular flexibility index (Phi) is 4.60. The highest BCUT2D eigenvalue weighted by Gasteiger charge is 2.25. The number of nitrogens with zero attached hydrogens (tertiary/aromatic N) is 1. The van der Waals surface area contributed by atoms with E-state index in [0.717, 1.165) is 6.21 Å². The molecule has 0 aliphatic carbocycles. The maximum absolute atomic E-state index is 13.1. The molecule has 0 amide bonds. The van der Waals surface area contributed by atoms with Gasteiger partial charge in [0.1, 0.15) is 6.61 Å². The van der Waals surface area contributed by atoms with E-state index in [9.17, 15) is 22.0 Å². The third kappa shape index (κ3) is 2.95. The van der Waals surface area contributed by atoms with Crippen LogP contribution in [0.4, 0.5) is 22.0 Å². The van der Waals surface area contributed by atoms with Crippen LogP contribution >= 0.6 is 0 Å². The molecule has 0 bridgehead atoms. The average molecular weight is 269 g/mol. The molecule has 0 saturated heterocycles. The third-order valence-electron chi connectivity index (χ3n) is 1.86. The van der Waals surface area contributed by atoms with Crippen LogP contribution in [0.15, 0.2) is 5.16 Å². The Hall–Kier alpha value is -1.70. The van der Waals surface area contributed by atoms with Crippen molar-refractivity contribution in [3.05, 3.63) is 34.6 Å². The first kappa shape index (κ1) is 14.4. The van der Waals surface area contributed by atoms with Crippen LogP contribution in [-0.4, -0.2) is 17.4 Å². The summed E-state index contributed by atoms with van der Waals surface area (Å²) in [5.74, 6) is -10.3. The van der Waals surface area contributed by atoms with E-state index in [1.807, 2.05) is 0 Å². The molecule has 0 aliphatic rings. The molecular formula is C10H8F5NO2. The Bertz CT molecular complexity index is 447. The predicted molar refractivity (Wildman–Crippen MR) is 51.2 cm³/mol. The van der Waals surface area contributed by atoms with Gasteiger partial charge in [-0.1, -0.05) is 5.16 Å². The highest BCUT2D eigenvalue weighted by Crippen LogP contribution is 2.23. The number of rotatable bonds is 4. The molecule has 1 rings (SSSR count). The number of benzene rings is 1.